The van der Waals surface area contributed by atoms with Gasteiger partial charge in [0.25, 0.3) is 0 Å². The summed E-state index contributed by atoms with van der Waals surface area (Å²) in [6.07, 6.45) is 12.9. The Morgan fingerprint density at radius 3 is 2.46 bits per heavy atom. The van der Waals surface area contributed by atoms with Gasteiger partial charge in [0.2, 0.25) is 0 Å². The van der Waals surface area contributed by atoms with Crippen LogP contribution in [0.3, 0.4) is 0 Å². The van der Waals surface area contributed by atoms with Gasteiger partial charge in [-0.25, -0.2) is 0 Å². The Labute approximate surface area is 167 Å². The zero-order valence-electron chi connectivity index (χ0n) is 17.4. The summed E-state index contributed by atoms with van der Waals surface area (Å²) < 4.78 is 7.19. The van der Waals surface area contributed by atoms with Gasteiger partial charge in [-0.1, -0.05) is 36.0 Å². The van der Waals surface area contributed by atoms with Crippen molar-refractivity contribution in [3.8, 4) is 5.75 Å². The zero-order chi connectivity index (χ0) is 21.5. The van der Waals surface area contributed by atoms with Crippen LogP contribution in [0, 0.1) is 0 Å². The van der Waals surface area contributed by atoms with Crippen LogP contribution in [0.5, 0.6) is 5.75 Å². The number of carboxylic acids is 1. The van der Waals surface area contributed by atoms with E-state index in [0.29, 0.717) is 6.42 Å². The van der Waals surface area contributed by atoms with Crippen molar-refractivity contribution in [1.82, 2.24) is 4.57 Å². The largest absolute Gasteiger partial charge is 0.497 e. The molecule has 0 atom stereocenters. The quantitative estimate of drug-likeness (QED) is 0.702. The van der Waals surface area contributed by atoms with Gasteiger partial charge in [-0.05, 0) is 51.0 Å². The van der Waals surface area contributed by atoms with E-state index in [0.717, 1.165) is 22.2 Å². The number of nitrogens with zero attached hydrogens (tertiary/aromatic N) is 1. The highest BCUT2D eigenvalue weighted by Gasteiger charge is 2.09. The number of aliphatic carboxylic acids is 1. The van der Waals surface area contributed by atoms with Crippen molar-refractivity contribution in [3.63, 3.8) is 0 Å². The summed E-state index contributed by atoms with van der Waals surface area (Å²) in [4.78, 5) is 18.6. The fourth-order valence-electron chi connectivity index (χ4n) is 2.44. The van der Waals surface area contributed by atoms with Gasteiger partial charge in [-0.15, -0.1) is 0 Å². The molecule has 0 spiro atoms. The molecule has 1 aromatic carbocycles. The number of carbonyl (C=O) groups is 2. The number of methoxy groups -OCH3 is 1. The summed E-state index contributed by atoms with van der Waals surface area (Å²) in [5, 5.41) is 9.79. The Balaban J connectivity index is 0.000000566. The van der Waals surface area contributed by atoms with E-state index in [9.17, 15) is 4.79 Å². The Morgan fingerprint density at radius 1 is 1.25 bits per heavy atom. The molecule has 0 saturated carbocycles. The molecule has 0 amide bonds. The van der Waals surface area contributed by atoms with Crippen LogP contribution < -0.4 is 4.74 Å². The van der Waals surface area contributed by atoms with E-state index in [2.05, 4.69) is 19.1 Å². The average Bonchev–Trinajstić information content (AvgIpc) is 3.03. The van der Waals surface area contributed by atoms with Gasteiger partial charge in [0.15, 0.2) is 0 Å². The van der Waals surface area contributed by atoms with Crippen molar-refractivity contribution >= 4 is 23.7 Å². The van der Waals surface area contributed by atoms with E-state index in [1.54, 1.807) is 7.11 Å². The third-order valence-corrected chi connectivity index (χ3v) is 4.01. The molecule has 0 fully saturated rings. The van der Waals surface area contributed by atoms with Crippen LogP contribution >= 0.6 is 0 Å². The molecular weight excluding hydrogens is 354 g/mol. The van der Waals surface area contributed by atoms with Gasteiger partial charge < -0.3 is 19.2 Å². The molecule has 152 valence electrons. The first kappa shape index (κ1) is 24.9. The number of hydrogen-bond acceptors (Lipinski definition) is 3. The van der Waals surface area contributed by atoms with Crippen LogP contribution in [0.25, 0.3) is 10.9 Å². The molecule has 0 aliphatic heterocycles. The monoisotopic (exact) mass is 385 g/mol. The first-order valence-corrected chi connectivity index (χ1v) is 8.97. The standard InChI is InChI=1S/C13H15NO3.C9H14.CH2O/c1-14-8-9(3-6-13(15)16)11-7-10(17-2)4-5-12(11)14;1-4-6-7-8-9(3)5-2;1-2/h4-5,7-8H,3,6H2,1-2H3,(H,15,16);4-8H,1-3H3;1H2/b;6-4-,8-7-,9-5-;. The average molecular weight is 386 g/mol. The van der Waals surface area contributed by atoms with Crippen LogP contribution in [0.4, 0.5) is 0 Å². The first-order valence-electron chi connectivity index (χ1n) is 8.97. The number of allylic oxidation sites excluding steroid dienone is 6. The molecule has 5 heteroatoms. The molecule has 1 N–H and O–H groups in total. The Bertz CT molecular complexity index is 828. The highest BCUT2D eigenvalue weighted by Crippen LogP contribution is 2.26. The fraction of sp³-hybridized carbons (Fsp3) is 0.304. The molecule has 1 heterocycles. The molecule has 5 nitrogen and oxygen atoms in total. The van der Waals surface area contributed by atoms with Gasteiger partial charge in [-0.2, -0.15) is 0 Å². The Kier molecular flexibility index (Phi) is 12.5. The number of aryl methyl sites for hydroxylation is 2. The van der Waals surface area contributed by atoms with E-state index in [1.165, 1.54) is 5.57 Å². The third kappa shape index (κ3) is 8.54. The summed E-state index contributed by atoms with van der Waals surface area (Å²) in [6, 6.07) is 5.84. The number of aromatic nitrogens is 1. The van der Waals surface area contributed by atoms with E-state index in [4.69, 9.17) is 14.6 Å². The lowest BCUT2D eigenvalue weighted by atomic mass is 10.1. The summed E-state index contributed by atoms with van der Waals surface area (Å²) in [5.74, 6) is 0.0187. The van der Waals surface area contributed by atoms with Crippen LogP contribution in [0.2, 0.25) is 0 Å². The lowest BCUT2D eigenvalue weighted by Crippen LogP contribution is -1.96. The summed E-state index contributed by atoms with van der Waals surface area (Å²) in [6.45, 7) is 8.13. The van der Waals surface area contributed by atoms with Crippen LogP contribution in [-0.4, -0.2) is 29.5 Å². The van der Waals surface area contributed by atoms with E-state index < -0.39 is 5.97 Å². The highest BCUT2D eigenvalue weighted by molar-refractivity contribution is 5.85. The number of ether oxygens (including phenoxy) is 1. The summed E-state index contributed by atoms with van der Waals surface area (Å²) >= 11 is 0. The SMILES string of the molecule is C=O.COc1ccc2c(c1)c(CCC(=O)O)cn2C.C\C=C/C=C\C(C)=C/C. The number of carboxylic acid groups (broad SMARTS) is 1. The van der Waals surface area contributed by atoms with Crippen molar-refractivity contribution in [3.05, 3.63) is 65.9 Å². The minimum Gasteiger partial charge on any atom is -0.497 e. The number of hydrogen-bond donors (Lipinski definition) is 1. The fourth-order valence-corrected chi connectivity index (χ4v) is 2.44. The van der Waals surface area contributed by atoms with Crippen molar-refractivity contribution < 1.29 is 19.4 Å². The van der Waals surface area contributed by atoms with E-state index in [1.807, 2.05) is 74.9 Å². The minimum atomic E-state index is -0.773. The molecule has 1 aromatic heterocycles. The normalized spacial score (nSPS) is 11.1. The van der Waals surface area contributed by atoms with Gasteiger partial charge in [-0.3, -0.25) is 4.79 Å². The minimum absolute atomic E-state index is 0.149. The maximum absolute atomic E-state index is 10.6. The molecular formula is C23H31NO4. The molecule has 0 radical (unpaired) electrons. The number of carbonyl (C=O) groups excluding carboxylic acids is 1. The number of rotatable bonds is 6. The summed E-state index contributed by atoms with van der Waals surface area (Å²) in [5.41, 5.74) is 3.43. The molecule has 0 unspecified atom stereocenters. The van der Waals surface area contributed by atoms with Gasteiger partial charge in [0.1, 0.15) is 12.5 Å². The Morgan fingerprint density at radius 2 is 1.93 bits per heavy atom. The van der Waals surface area contributed by atoms with Crippen molar-refractivity contribution in [2.75, 3.05) is 7.11 Å². The maximum atomic E-state index is 10.6. The third-order valence-electron chi connectivity index (χ3n) is 4.01. The predicted molar refractivity (Wildman–Crippen MR) is 116 cm³/mol. The highest BCUT2D eigenvalue weighted by atomic mass is 16.5. The van der Waals surface area contributed by atoms with Gasteiger partial charge in [0, 0.05) is 30.6 Å². The second-order valence-corrected chi connectivity index (χ2v) is 5.96. The first-order chi connectivity index (χ1) is 13.4. The van der Waals surface area contributed by atoms with Crippen molar-refractivity contribution in [2.45, 2.75) is 33.6 Å². The zero-order valence-corrected chi connectivity index (χ0v) is 17.4. The molecule has 28 heavy (non-hydrogen) atoms. The maximum Gasteiger partial charge on any atom is 0.303 e. The van der Waals surface area contributed by atoms with Gasteiger partial charge in [0.05, 0.1) is 7.11 Å². The molecule has 2 aromatic rings. The molecule has 0 saturated heterocycles. The van der Waals surface area contributed by atoms with E-state index >= 15 is 0 Å². The second-order valence-electron chi connectivity index (χ2n) is 5.96. The second kappa shape index (κ2) is 14.0. The predicted octanol–water partition coefficient (Wildman–Crippen LogP) is 5.10. The van der Waals surface area contributed by atoms with E-state index in [-0.39, 0.29) is 6.42 Å². The van der Waals surface area contributed by atoms with Crippen LogP contribution in [0.1, 0.15) is 32.8 Å². The van der Waals surface area contributed by atoms with Gasteiger partial charge >= 0.3 is 5.97 Å². The van der Waals surface area contributed by atoms with Crippen LogP contribution in [0.15, 0.2) is 60.3 Å². The van der Waals surface area contributed by atoms with Crippen molar-refractivity contribution in [2.24, 2.45) is 7.05 Å². The lowest BCUT2D eigenvalue weighted by molar-refractivity contribution is -0.136. The summed E-state index contributed by atoms with van der Waals surface area (Å²) in [7, 11) is 3.58. The number of benzene rings is 1. The smallest absolute Gasteiger partial charge is 0.303 e. The Hall–Kier alpha value is -3.08. The topological polar surface area (TPSA) is 68.5 Å². The molecule has 2 rings (SSSR count). The molecule has 0 aliphatic rings. The molecule has 0 bridgehead atoms. The van der Waals surface area contributed by atoms with Crippen LogP contribution in [-0.2, 0) is 23.1 Å². The van der Waals surface area contributed by atoms with Crippen molar-refractivity contribution in [1.29, 1.82) is 0 Å². The number of fused-ring (bicyclic) bond motifs is 1. The lowest BCUT2D eigenvalue weighted by Gasteiger charge is -2.01. The molecule has 0 aliphatic carbocycles.